The number of hydrogen-bond acceptors (Lipinski definition) is 4. The van der Waals surface area contributed by atoms with Crippen molar-refractivity contribution in [3.8, 4) is 5.75 Å². The Kier molecular flexibility index (Phi) is 6.87. The summed E-state index contributed by atoms with van der Waals surface area (Å²) in [5.41, 5.74) is 2.52. The number of Topliss-reactive ketones (excluding diaryl/α,β-unsaturated/α-hetero) is 1. The van der Waals surface area contributed by atoms with Crippen molar-refractivity contribution in [2.75, 3.05) is 19.7 Å². The Morgan fingerprint density at radius 2 is 1.77 bits per heavy atom. The molecule has 0 bridgehead atoms. The summed E-state index contributed by atoms with van der Waals surface area (Å²) < 4.78 is 18.9. The lowest BCUT2D eigenvalue weighted by molar-refractivity contribution is -0.139. The number of carbonyl (C=O) groups excluding carboxylic acids is 2. The van der Waals surface area contributed by atoms with E-state index < -0.39 is 0 Å². The van der Waals surface area contributed by atoms with Gasteiger partial charge in [0.15, 0.2) is 12.4 Å². The third-order valence-electron chi connectivity index (χ3n) is 5.60. The molecule has 5 nitrogen and oxygen atoms in total. The van der Waals surface area contributed by atoms with Gasteiger partial charge in [0, 0.05) is 31.7 Å². The molecule has 2 atom stereocenters. The number of rotatable bonds is 6. The van der Waals surface area contributed by atoms with Gasteiger partial charge in [0.1, 0.15) is 11.6 Å². The predicted octanol–water partition coefficient (Wildman–Crippen LogP) is 3.84. The van der Waals surface area contributed by atoms with Crippen LogP contribution in [0, 0.1) is 12.7 Å². The molecular weight excluding hydrogens is 383 g/mol. The zero-order valence-corrected chi connectivity index (χ0v) is 18.0. The van der Waals surface area contributed by atoms with Crippen molar-refractivity contribution in [1.82, 2.24) is 9.80 Å². The number of aryl methyl sites for hydroxylation is 1. The van der Waals surface area contributed by atoms with Crippen molar-refractivity contribution < 1.29 is 18.7 Å². The second kappa shape index (κ2) is 9.39. The molecule has 30 heavy (non-hydrogen) atoms. The number of hydrogen-bond donors (Lipinski definition) is 0. The fourth-order valence-corrected chi connectivity index (χ4v) is 3.86. The van der Waals surface area contributed by atoms with Crippen molar-refractivity contribution >= 4 is 11.7 Å². The average Bonchev–Trinajstić information content (AvgIpc) is 2.70. The number of piperazine rings is 1. The number of ether oxygens (including phenoxy) is 1. The van der Waals surface area contributed by atoms with Crippen LogP contribution in [-0.4, -0.2) is 53.3 Å². The van der Waals surface area contributed by atoms with Crippen LogP contribution in [0.25, 0.3) is 0 Å². The van der Waals surface area contributed by atoms with Crippen molar-refractivity contribution in [2.45, 2.75) is 46.3 Å². The van der Waals surface area contributed by atoms with E-state index >= 15 is 0 Å². The summed E-state index contributed by atoms with van der Waals surface area (Å²) in [6.07, 6.45) is 0. The molecule has 2 unspecified atom stereocenters. The van der Waals surface area contributed by atoms with Gasteiger partial charge in [-0.15, -0.1) is 0 Å². The molecule has 0 N–H and O–H groups in total. The Labute approximate surface area is 177 Å². The maximum atomic E-state index is 13.1. The van der Waals surface area contributed by atoms with Crippen molar-refractivity contribution in [2.24, 2.45) is 0 Å². The van der Waals surface area contributed by atoms with Gasteiger partial charge in [-0.2, -0.15) is 0 Å². The molecule has 1 aliphatic heterocycles. The zero-order valence-electron chi connectivity index (χ0n) is 18.0. The average molecular weight is 413 g/mol. The van der Waals surface area contributed by atoms with Crippen LogP contribution < -0.4 is 4.74 Å². The number of amides is 1. The Morgan fingerprint density at radius 1 is 1.07 bits per heavy atom. The summed E-state index contributed by atoms with van der Waals surface area (Å²) in [6, 6.07) is 12.1. The van der Waals surface area contributed by atoms with Gasteiger partial charge in [-0.25, -0.2) is 4.39 Å². The monoisotopic (exact) mass is 412 g/mol. The number of carbonyl (C=O) groups is 2. The molecule has 0 spiro atoms. The molecule has 1 fully saturated rings. The summed E-state index contributed by atoms with van der Waals surface area (Å²) in [7, 11) is 0. The fraction of sp³-hybridized carbons (Fsp3) is 0.417. The first-order valence-corrected chi connectivity index (χ1v) is 10.3. The van der Waals surface area contributed by atoms with Crippen LogP contribution >= 0.6 is 0 Å². The molecular formula is C24H29FN2O3. The normalized spacial score (nSPS) is 19.6. The summed E-state index contributed by atoms with van der Waals surface area (Å²) >= 11 is 0. The lowest BCUT2D eigenvalue weighted by Gasteiger charge is -2.44. The number of benzene rings is 2. The van der Waals surface area contributed by atoms with E-state index in [1.165, 1.54) is 19.1 Å². The summed E-state index contributed by atoms with van der Waals surface area (Å²) in [4.78, 5) is 28.8. The Balaban J connectivity index is 1.60. The van der Waals surface area contributed by atoms with E-state index in [0.717, 1.165) is 24.2 Å². The van der Waals surface area contributed by atoms with Crippen LogP contribution in [-0.2, 0) is 11.3 Å². The van der Waals surface area contributed by atoms with Crippen molar-refractivity contribution in [1.29, 1.82) is 0 Å². The Hall–Kier alpha value is -2.73. The number of halogens is 1. The van der Waals surface area contributed by atoms with Gasteiger partial charge < -0.3 is 9.64 Å². The summed E-state index contributed by atoms with van der Waals surface area (Å²) in [5, 5.41) is 0. The molecule has 160 valence electrons. The molecule has 0 saturated carbocycles. The molecule has 3 rings (SSSR count). The highest BCUT2D eigenvalue weighted by atomic mass is 19.1. The zero-order chi connectivity index (χ0) is 21.8. The van der Waals surface area contributed by atoms with Crippen LogP contribution in [0.3, 0.4) is 0 Å². The minimum atomic E-state index is -0.239. The first-order valence-electron chi connectivity index (χ1n) is 10.3. The SMILES string of the molecule is CC(=O)c1cc(C)ccc1OCC(=O)N1CC(C)N(Cc2ccc(F)cc2)CC1C. The highest BCUT2D eigenvalue weighted by Crippen LogP contribution is 2.22. The first-order chi connectivity index (χ1) is 14.2. The molecule has 2 aromatic rings. The predicted molar refractivity (Wildman–Crippen MR) is 114 cm³/mol. The van der Waals surface area contributed by atoms with Gasteiger partial charge in [-0.3, -0.25) is 14.5 Å². The molecule has 1 amide bonds. The molecule has 6 heteroatoms. The van der Waals surface area contributed by atoms with Gasteiger partial charge >= 0.3 is 0 Å². The Morgan fingerprint density at radius 3 is 2.43 bits per heavy atom. The van der Waals surface area contributed by atoms with Gasteiger partial charge in [0.25, 0.3) is 5.91 Å². The maximum Gasteiger partial charge on any atom is 0.260 e. The topological polar surface area (TPSA) is 49.9 Å². The van der Waals surface area contributed by atoms with Crippen LogP contribution in [0.4, 0.5) is 4.39 Å². The van der Waals surface area contributed by atoms with E-state index in [9.17, 15) is 14.0 Å². The van der Waals surface area contributed by atoms with E-state index in [1.807, 2.05) is 24.8 Å². The highest BCUT2D eigenvalue weighted by Gasteiger charge is 2.32. The summed E-state index contributed by atoms with van der Waals surface area (Å²) in [5.74, 6) is 0.0255. The van der Waals surface area contributed by atoms with Crippen LogP contribution in [0.5, 0.6) is 5.75 Å². The third kappa shape index (κ3) is 5.25. The lowest BCUT2D eigenvalue weighted by Crippen LogP contribution is -2.58. The highest BCUT2D eigenvalue weighted by molar-refractivity contribution is 5.97. The minimum absolute atomic E-state index is 0.0306. The second-order valence-corrected chi connectivity index (χ2v) is 8.14. The summed E-state index contributed by atoms with van der Waals surface area (Å²) in [6.45, 7) is 9.46. The maximum absolute atomic E-state index is 13.1. The van der Waals surface area contributed by atoms with Crippen molar-refractivity contribution in [3.05, 3.63) is 65.0 Å². The molecule has 0 aromatic heterocycles. The second-order valence-electron chi connectivity index (χ2n) is 8.14. The van der Waals surface area contributed by atoms with E-state index in [2.05, 4.69) is 11.8 Å². The van der Waals surface area contributed by atoms with Gasteiger partial charge in [0.2, 0.25) is 0 Å². The van der Waals surface area contributed by atoms with Gasteiger partial charge in [-0.1, -0.05) is 23.8 Å². The largest absolute Gasteiger partial charge is 0.483 e. The number of ketones is 1. The van der Waals surface area contributed by atoms with E-state index in [0.29, 0.717) is 17.9 Å². The fourth-order valence-electron chi connectivity index (χ4n) is 3.86. The van der Waals surface area contributed by atoms with Crippen LogP contribution in [0.1, 0.15) is 42.3 Å². The first kappa shape index (κ1) is 22.0. The van der Waals surface area contributed by atoms with Gasteiger partial charge in [0.05, 0.1) is 5.56 Å². The molecule has 0 aliphatic carbocycles. The van der Waals surface area contributed by atoms with E-state index in [4.69, 9.17) is 4.74 Å². The number of nitrogens with zero attached hydrogens (tertiary/aromatic N) is 2. The van der Waals surface area contributed by atoms with Gasteiger partial charge in [-0.05, 0) is 57.5 Å². The molecule has 1 saturated heterocycles. The Bertz CT molecular complexity index is 913. The minimum Gasteiger partial charge on any atom is -0.483 e. The molecule has 1 heterocycles. The molecule has 0 radical (unpaired) electrons. The van der Waals surface area contributed by atoms with E-state index in [1.54, 1.807) is 24.3 Å². The molecule has 2 aromatic carbocycles. The smallest absolute Gasteiger partial charge is 0.260 e. The van der Waals surface area contributed by atoms with Crippen LogP contribution in [0.2, 0.25) is 0 Å². The lowest BCUT2D eigenvalue weighted by atomic mass is 10.1. The van der Waals surface area contributed by atoms with Crippen molar-refractivity contribution in [3.63, 3.8) is 0 Å². The standard InChI is InChI=1S/C24H29FN2O3/c1-16-5-10-23(22(11-16)19(4)28)30-15-24(29)27-13-17(2)26(12-18(27)3)14-20-6-8-21(25)9-7-20/h5-11,17-18H,12-15H2,1-4H3. The van der Waals surface area contributed by atoms with Crippen LogP contribution in [0.15, 0.2) is 42.5 Å². The molecule has 1 aliphatic rings. The quantitative estimate of drug-likeness (QED) is 0.677. The third-order valence-corrected chi connectivity index (χ3v) is 5.60. The van der Waals surface area contributed by atoms with E-state index in [-0.39, 0.29) is 36.2 Å².